The molecule has 269 valence electrons. The number of carbonyl (C=O) groups is 7. The smallest absolute Gasteiger partial charge is 0.508 e. The number of esters is 4. The Labute approximate surface area is 293 Å². The summed E-state index contributed by atoms with van der Waals surface area (Å²) in [5, 5.41) is 7.69. The quantitative estimate of drug-likeness (QED) is 0.0931. The molecule has 0 aromatic carbocycles. The molecule has 20 heteroatoms. The monoisotopic (exact) mass is 752 g/mol. The van der Waals surface area contributed by atoms with Gasteiger partial charge in [0.1, 0.15) is 0 Å². The Hall–Kier alpha value is -3.74. The molecule has 46 heavy (non-hydrogen) atoms. The summed E-state index contributed by atoms with van der Waals surface area (Å²) in [6, 6.07) is 0. The van der Waals surface area contributed by atoms with Gasteiger partial charge in [-0.2, -0.15) is 0 Å². The van der Waals surface area contributed by atoms with Crippen LogP contribution in [0.3, 0.4) is 0 Å². The SMILES string of the molecule is C.CC(=O)OCOC(C)=O.CC(=O)OCOC(C)=O.CCOC(=O)O.CCOC(=O)OCCCOC(=O)OCC.CCO[C-]=O.[Y]. The van der Waals surface area contributed by atoms with Gasteiger partial charge in [-0.25, -0.2) is 14.4 Å². The van der Waals surface area contributed by atoms with Crippen LogP contribution in [0, 0.1) is 0 Å². The van der Waals surface area contributed by atoms with Gasteiger partial charge in [-0.05, 0) is 27.7 Å². The zero-order valence-corrected chi connectivity index (χ0v) is 29.6. The first-order valence-electron chi connectivity index (χ1n) is 12.6. The number of hydrogen-bond acceptors (Lipinski definition) is 18. The first-order valence-corrected chi connectivity index (χ1v) is 12.6. The second-order valence-corrected chi connectivity index (χ2v) is 6.41. The van der Waals surface area contributed by atoms with E-state index in [1.165, 1.54) is 34.2 Å². The van der Waals surface area contributed by atoms with Crippen LogP contribution in [0.5, 0.6) is 0 Å². The van der Waals surface area contributed by atoms with E-state index in [2.05, 4.69) is 47.4 Å². The van der Waals surface area contributed by atoms with Gasteiger partial charge in [0.15, 0.2) is 0 Å². The molecule has 0 spiro atoms. The van der Waals surface area contributed by atoms with Gasteiger partial charge in [0.25, 0.3) is 0 Å². The maximum absolute atomic E-state index is 10.7. The van der Waals surface area contributed by atoms with Gasteiger partial charge >= 0.3 is 42.3 Å². The van der Waals surface area contributed by atoms with Gasteiger partial charge in [0.05, 0.1) is 33.0 Å². The van der Waals surface area contributed by atoms with Gasteiger partial charge in [-0.15, -0.1) is 0 Å². The normalized spacial score (nSPS) is 7.91. The summed E-state index contributed by atoms with van der Waals surface area (Å²) in [4.78, 5) is 79.8. The van der Waals surface area contributed by atoms with E-state index < -0.39 is 42.3 Å². The molecule has 0 rings (SSSR count). The van der Waals surface area contributed by atoms with Crippen LogP contribution in [0.1, 0.15) is 69.2 Å². The molecule has 0 bridgehead atoms. The second kappa shape index (κ2) is 48.2. The molecule has 0 aromatic heterocycles. The zero-order chi connectivity index (χ0) is 35.2. The van der Waals surface area contributed by atoms with E-state index in [1.54, 1.807) is 27.7 Å². The molecule has 0 aliphatic heterocycles. The average Bonchev–Trinajstić information content (AvgIpc) is 2.90. The minimum atomic E-state index is -1.21. The van der Waals surface area contributed by atoms with Crippen LogP contribution in [-0.2, 0) is 104 Å². The van der Waals surface area contributed by atoms with Gasteiger partial charge in [0.2, 0.25) is 13.6 Å². The predicted molar refractivity (Wildman–Crippen MR) is 151 cm³/mol. The molecule has 0 unspecified atom stereocenters. The summed E-state index contributed by atoms with van der Waals surface area (Å²) >= 11 is 0. The molecule has 1 N–H and O–H groups in total. The van der Waals surface area contributed by atoms with Crippen molar-refractivity contribution in [1.82, 2.24) is 0 Å². The molecule has 0 saturated carbocycles. The van der Waals surface area contributed by atoms with Crippen molar-refractivity contribution in [3.63, 3.8) is 0 Å². The minimum absolute atomic E-state index is 0. The van der Waals surface area contributed by atoms with Crippen molar-refractivity contribution in [3.05, 3.63) is 0 Å². The first kappa shape index (κ1) is 57.9. The standard InChI is InChI=1S/C9H16O6.2C5H8O4.C3H6O3.C3H5O2.CH4.Y/c1-3-12-8(10)14-6-5-7-15-9(11)13-4-2;2*1-4(6)8-3-9-5(2)7;1-2-6-3(4)5;1-2-5-3-4;;/h3-7H2,1-2H3;2*3H2,1-2H3;2H2,1H3,(H,4,5);2H2,1H3;1H4;/q;;;;-1;;. The molecule has 1 radical (unpaired) electrons. The Bertz CT molecular complexity index is 711. The van der Waals surface area contributed by atoms with Crippen LogP contribution in [-0.4, -0.2) is 107 Å². The molecule has 0 aliphatic carbocycles. The second-order valence-electron chi connectivity index (χ2n) is 6.41. The van der Waals surface area contributed by atoms with E-state index >= 15 is 0 Å². The van der Waals surface area contributed by atoms with Gasteiger partial charge in [-0.1, -0.05) is 13.9 Å². The summed E-state index contributed by atoms with van der Waals surface area (Å²) in [6.45, 7) is 13.9. The Morgan fingerprint density at radius 1 is 0.522 bits per heavy atom. The number of carboxylic acid groups (broad SMARTS) is 1. The fraction of sp³-hybridized carbons (Fsp3) is 0.692. The third-order valence-electron chi connectivity index (χ3n) is 2.77. The first-order chi connectivity index (χ1) is 20.6. The summed E-state index contributed by atoms with van der Waals surface area (Å²) in [7, 11) is 0. The molecular formula is C26H47O19Y-. The minimum Gasteiger partial charge on any atom is -0.653 e. The molecule has 0 heterocycles. The van der Waals surface area contributed by atoms with Crippen molar-refractivity contribution in [2.45, 2.75) is 69.2 Å². The van der Waals surface area contributed by atoms with Crippen LogP contribution in [0.15, 0.2) is 0 Å². The third-order valence-corrected chi connectivity index (χ3v) is 2.77. The number of rotatable bonds is 13. The van der Waals surface area contributed by atoms with Crippen LogP contribution < -0.4 is 0 Å². The molecule has 0 aromatic rings. The van der Waals surface area contributed by atoms with Crippen LogP contribution in [0.4, 0.5) is 14.4 Å². The maximum Gasteiger partial charge on any atom is 0.508 e. The Kier molecular flexibility index (Phi) is 60.6. The van der Waals surface area contributed by atoms with E-state index in [1.807, 2.05) is 0 Å². The molecule has 0 saturated heterocycles. The zero-order valence-electron chi connectivity index (χ0n) is 26.7. The fourth-order valence-electron chi connectivity index (χ4n) is 1.26. The largest absolute Gasteiger partial charge is 0.653 e. The topological polar surface area (TPSA) is 249 Å². The van der Waals surface area contributed by atoms with Crippen molar-refractivity contribution in [2.24, 2.45) is 0 Å². The van der Waals surface area contributed by atoms with Crippen molar-refractivity contribution in [1.29, 1.82) is 0 Å². The Morgan fingerprint density at radius 3 is 0.978 bits per heavy atom. The van der Waals surface area contributed by atoms with Crippen molar-refractivity contribution >= 4 is 48.8 Å². The fourth-order valence-corrected chi connectivity index (χ4v) is 1.26. The summed E-state index contributed by atoms with van der Waals surface area (Å²) in [6.07, 6.45) is -2.22. The van der Waals surface area contributed by atoms with Gasteiger partial charge < -0.3 is 57.3 Å². The van der Waals surface area contributed by atoms with Crippen molar-refractivity contribution < 1.29 is 124 Å². The number of ether oxygens (including phenoxy) is 10. The van der Waals surface area contributed by atoms with Gasteiger partial charge in [0, 0.05) is 73.4 Å². The van der Waals surface area contributed by atoms with Crippen LogP contribution in [0.2, 0.25) is 0 Å². The Balaban J connectivity index is -0.0000000863. The molecule has 19 nitrogen and oxygen atoms in total. The summed E-state index contributed by atoms with van der Waals surface area (Å²) in [5.41, 5.74) is 0. The van der Waals surface area contributed by atoms with E-state index in [0.717, 1.165) is 0 Å². The maximum atomic E-state index is 10.7. The van der Waals surface area contributed by atoms with E-state index in [9.17, 15) is 33.6 Å². The number of hydrogen-bond donors (Lipinski definition) is 1. The average molecular weight is 753 g/mol. The third kappa shape index (κ3) is 83.5. The molecule has 0 atom stereocenters. The Morgan fingerprint density at radius 2 is 0.826 bits per heavy atom. The van der Waals surface area contributed by atoms with E-state index in [4.69, 9.17) is 9.90 Å². The summed E-state index contributed by atoms with van der Waals surface area (Å²) < 4.78 is 43.4. The molecule has 0 aliphatic rings. The summed E-state index contributed by atoms with van der Waals surface area (Å²) in [5.74, 6) is -1.85. The number of carbonyl (C=O) groups excluding carboxylic acids is 7. The van der Waals surface area contributed by atoms with Crippen LogP contribution >= 0.6 is 0 Å². The van der Waals surface area contributed by atoms with E-state index in [-0.39, 0.29) is 86.8 Å². The van der Waals surface area contributed by atoms with E-state index in [0.29, 0.717) is 13.0 Å². The van der Waals surface area contributed by atoms with Gasteiger partial charge in [-0.3, -0.25) is 19.2 Å². The van der Waals surface area contributed by atoms with Crippen molar-refractivity contribution in [3.8, 4) is 0 Å². The van der Waals surface area contributed by atoms with Crippen molar-refractivity contribution in [2.75, 3.05) is 53.2 Å². The predicted octanol–water partition coefficient (Wildman–Crippen LogP) is 3.29. The molecule has 0 fully saturated rings. The van der Waals surface area contributed by atoms with Crippen LogP contribution in [0.25, 0.3) is 0 Å². The molecule has 0 amide bonds. The molecular weight excluding hydrogens is 705 g/mol.